The van der Waals surface area contributed by atoms with Gasteiger partial charge < -0.3 is 5.32 Å². The Morgan fingerprint density at radius 1 is 1.00 bits per heavy atom. The summed E-state index contributed by atoms with van der Waals surface area (Å²) in [6.45, 7) is 4.72. The van der Waals surface area contributed by atoms with Crippen LogP contribution in [-0.2, 0) is 13.1 Å². The Morgan fingerprint density at radius 3 is 2.52 bits per heavy atom. The zero-order valence-corrected chi connectivity index (χ0v) is 17.8. The maximum atomic E-state index is 12.8. The number of carbonyl (C=O) groups excluding carboxylic acids is 1. The Hall–Kier alpha value is -3.25. The molecular formula is C25H28N4O2. The molecule has 1 N–H and O–H groups in total. The van der Waals surface area contributed by atoms with Crippen molar-refractivity contribution in [1.29, 1.82) is 0 Å². The van der Waals surface area contributed by atoms with E-state index in [2.05, 4.69) is 34.4 Å². The van der Waals surface area contributed by atoms with Gasteiger partial charge in [-0.15, -0.1) is 0 Å². The van der Waals surface area contributed by atoms with E-state index in [9.17, 15) is 9.59 Å². The molecule has 1 fully saturated rings. The normalized spacial score (nSPS) is 16.7. The first-order chi connectivity index (χ1) is 15.1. The summed E-state index contributed by atoms with van der Waals surface area (Å²) in [6, 6.07) is 20.8. The third-order valence-electron chi connectivity index (χ3n) is 5.91. The molecule has 4 rings (SSSR count). The molecule has 1 aliphatic heterocycles. The number of para-hydroxylation sites is 1. The van der Waals surface area contributed by atoms with Crippen molar-refractivity contribution >= 4 is 5.91 Å². The fraction of sp³-hybridized carbons (Fsp3) is 0.320. The monoisotopic (exact) mass is 416 g/mol. The average molecular weight is 417 g/mol. The summed E-state index contributed by atoms with van der Waals surface area (Å²) in [5.41, 5.74) is 2.90. The topological polar surface area (TPSA) is 67.2 Å². The number of hydrogen-bond donors (Lipinski definition) is 1. The highest BCUT2D eigenvalue weighted by Crippen LogP contribution is 2.20. The van der Waals surface area contributed by atoms with Crippen molar-refractivity contribution in [3.63, 3.8) is 0 Å². The molecule has 1 aliphatic rings. The Labute approximate surface area is 182 Å². The van der Waals surface area contributed by atoms with Crippen LogP contribution in [0, 0.1) is 0 Å². The standard InChI is InChI=1S/C25H28N4O2/c1-19-9-7-8-16-28(19)18-21-11-6-5-10-20(21)17-26-25(31)23-14-15-24(30)29(27-23)22-12-3-2-4-13-22/h2-6,10-15,19H,7-9,16-18H2,1H3,(H,26,31)/t19-/m1/s1. The zero-order chi connectivity index (χ0) is 21.6. The van der Waals surface area contributed by atoms with Crippen molar-refractivity contribution in [2.75, 3.05) is 6.54 Å². The molecule has 2 aromatic carbocycles. The zero-order valence-electron chi connectivity index (χ0n) is 17.8. The maximum absolute atomic E-state index is 12.8. The van der Waals surface area contributed by atoms with Gasteiger partial charge in [0.05, 0.1) is 5.69 Å². The summed E-state index contributed by atoms with van der Waals surface area (Å²) in [4.78, 5) is 27.5. The fourth-order valence-corrected chi connectivity index (χ4v) is 4.05. The molecule has 6 nitrogen and oxygen atoms in total. The first-order valence-electron chi connectivity index (χ1n) is 10.9. The van der Waals surface area contributed by atoms with Crippen LogP contribution >= 0.6 is 0 Å². The molecule has 0 radical (unpaired) electrons. The molecule has 31 heavy (non-hydrogen) atoms. The third kappa shape index (κ3) is 5.09. The Balaban J connectivity index is 1.47. The number of carbonyl (C=O) groups is 1. The van der Waals surface area contributed by atoms with E-state index >= 15 is 0 Å². The second-order valence-electron chi connectivity index (χ2n) is 8.07. The van der Waals surface area contributed by atoms with E-state index in [1.54, 1.807) is 12.1 Å². The van der Waals surface area contributed by atoms with Gasteiger partial charge in [0.25, 0.3) is 11.5 Å². The summed E-state index contributed by atoms with van der Waals surface area (Å²) < 4.78 is 1.25. The van der Waals surface area contributed by atoms with Gasteiger partial charge in [0.15, 0.2) is 0 Å². The molecule has 3 aromatic rings. The predicted octanol–water partition coefficient (Wildman–Crippen LogP) is 3.54. The molecule has 160 valence electrons. The second kappa shape index (κ2) is 9.71. The molecule has 1 saturated heterocycles. The summed E-state index contributed by atoms with van der Waals surface area (Å²) in [7, 11) is 0. The van der Waals surface area contributed by atoms with E-state index < -0.39 is 0 Å². The quantitative estimate of drug-likeness (QED) is 0.668. The lowest BCUT2D eigenvalue weighted by atomic mass is 10.0. The molecule has 0 aliphatic carbocycles. The minimum atomic E-state index is -0.300. The van der Waals surface area contributed by atoms with Crippen LogP contribution in [0.3, 0.4) is 0 Å². The van der Waals surface area contributed by atoms with Crippen LogP contribution in [0.25, 0.3) is 5.69 Å². The molecule has 6 heteroatoms. The van der Waals surface area contributed by atoms with Crippen LogP contribution in [0.4, 0.5) is 0 Å². The van der Waals surface area contributed by atoms with Crippen molar-refractivity contribution in [1.82, 2.24) is 20.0 Å². The van der Waals surface area contributed by atoms with Gasteiger partial charge >= 0.3 is 0 Å². The highest BCUT2D eigenvalue weighted by molar-refractivity contribution is 5.92. The first kappa shape index (κ1) is 21.0. The van der Waals surface area contributed by atoms with Gasteiger partial charge in [-0.1, -0.05) is 48.9 Å². The van der Waals surface area contributed by atoms with Crippen LogP contribution in [-0.4, -0.2) is 33.2 Å². The number of hydrogen-bond acceptors (Lipinski definition) is 4. The number of benzene rings is 2. The van der Waals surface area contributed by atoms with Crippen molar-refractivity contribution in [3.8, 4) is 5.69 Å². The summed E-state index contributed by atoms with van der Waals surface area (Å²) in [6.07, 6.45) is 3.78. The molecular weight excluding hydrogens is 388 g/mol. The van der Waals surface area contributed by atoms with E-state index in [0.29, 0.717) is 18.3 Å². The van der Waals surface area contributed by atoms with Crippen LogP contribution in [0.15, 0.2) is 71.5 Å². The molecule has 1 amide bonds. The van der Waals surface area contributed by atoms with Crippen molar-refractivity contribution in [2.45, 2.75) is 45.3 Å². The first-order valence-corrected chi connectivity index (χ1v) is 10.9. The van der Waals surface area contributed by atoms with Gasteiger partial charge in [-0.05, 0) is 55.6 Å². The smallest absolute Gasteiger partial charge is 0.272 e. The molecule has 1 atom stereocenters. The van der Waals surface area contributed by atoms with Crippen LogP contribution in [0.5, 0.6) is 0 Å². The van der Waals surface area contributed by atoms with E-state index in [4.69, 9.17) is 0 Å². The Bertz CT molecular complexity index is 1090. The van der Waals surface area contributed by atoms with E-state index in [1.165, 1.54) is 41.6 Å². The van der Waals surface area contributed by atoms with Crippen molar-refractivity contribution < 1.29 is 4.79 Å². The van der Waals surface area contributed by atoms with Crippen LogP contribution < -0.4 is 10.9 Å². The van der Waals surface area contributed by atoms with Gasteiger partial charge in [-0.25, -0.2) is 0 Å². The van der Waals surface area contributed by atoms with Crippen molar-refractivity contribution in [3.05, 3.63) is 93.9 Å². The minimum absolute atomic E-state index is 0.214. The number of nitrogens with one attached hydrogen (secondary N) is 1. The van der Waals surface area contributed by atoms with Gasteiger partial charge in [-0.3, -0.25) is 14.5 Å². The molecule has 1 aromatic heterocycles. The van der Waals surface area contributed by atoms with Crippen LogP contribution in [0.2, 0.25) is 0 Å². The number of likely N-dealkylation sites (tertiary alicyclic amines) is 1. The molecule has 0 spiro atoms. The maximum Gasteiger partial charge on any atom is 0.272 e. The molecule has 2 heterocycles. The number of amides is 1. The lowest BCUT2D eigenvalue weighted by Crippen LogP contribution is -2.37. The average Bonchev–Trinajstić information content (AvgIpc) is 2.80. The molecule has 0 unspecified atom stereocenters. The molecule has 0 saturated carbocycles. The van der Waals surface area contributed by atoms with Gasteiger partial charge in [-0.2, -0.15) is 9.78 Å². The second-order valence-corrected chi connectivity index (χ2v) is 8.07. The lowest BCUT2D eigenvalue weighted by Gasteiger charge is -2.33. The van der Waals surface area contributed by atoms with Gasteiger partial charge in [0.1, 0.15) is 5.69 Å². The van der Waals surface area contributed by atoms with Crippen LogP contribution in [0.1, 0.15) is 47.8 Å². The van der Waals surface area contributed by atoms with E-state index in [1.807, 2.05) is 30.3 Å². The minimum Gasteiger partial charge on any atom is -0.347 e. The lowest BCUT2D eigenvalue weighted by molar-refractivity contribution is 0.0943. The number of rotatable bonds is 6. The van der Waals surface area contributed by atoms with Gasteiger partial charge in [0, 0.05) is 25.2 Å². The third-order valence-corrected chi connectivity index (χ3v) is 5.91. The summed E-state index contributed by atoms with van der Waals surface area (Å²) in [5, 5.41) is 7.23. The highest BCUT2D eigenvalue weighted by Gasteiger charge is 2.19. The Morgan fingerprint density at radius 2 is 1.74 bits per heavy atom. The highest BCUT2D eigenvalue weighted by atomic mass is 16.2. The predicted molar refractivity (Wildman–Crippen MR) is 121 cm³/mol. The van der Waals surface area contributed by atoms with E-state index in [0.717, 1.165) is 18.7 Å². The summed E-state index contributed by atoms with van der Waals surface area (Å²) >= 11 is 0. The van der Waals surface area contributed by atoms with Crippen molar-refractivity contribution in [2.24, 2.45) is 0 Å². The summed E-state index contributed by atoms with van der Waals surface area (Å²) in [5.74, 6) is -0.300. The Kier molecular flexibility index (Phi) is 6.57. The SMILES string of the molecule is C[C@@H]1CCCCN1Cc1ccccc1CNC(=O)c1ccc(=O)n(-c2ccccc2)n1. The fourth-order valence-electron chi connectivity index (χ4n) is 4.05. The number of aromatic nitrogens is 2. The number of nitrogens with zero attached hydrogens (tertiary/aromatic N) is 3. The molecule has 0 bridgehead atoms. The number of piperidine rings is 1. The largest absolute Gasteiger partial charge is 0.347 e. The van der Waals surface area contributed by atoms with E-state index in [-0.39, 0.29) is 17.2 Å². The van der Waals surface area contributed by atoms with Gasteiger partial charge in [0.2, 0.25) is 0 Å².